The Hall–Kier alpha value is 0.0418. The normalized spacial score (nSPS) is 11.9. The van der Waals surface area contributed by atoms with Gasteiger partial charge in [0, 0.05) is 0 Å². The Balaban J connectivity index is 3.00. The van der Waals surface area contributed by atoms with E-state index < -0.39 is 13.9 Å². The van der Waals surface area contributed by atoms with Crippen LogP contribution in [0.5, 0.6) is 0 Å². The molecule has 0 saturated heterocycles. The molecule has 0 bridgehead atoms. The van der Waals surface area contributed by atoms with Gasteiger partial charge in [0.1, 0.15) is 8.24 Å². The lowest BCUT2D eigenvalue weighted by Crippen LogP contribution is -2.60. The molecule has 1 rings (SSSR count). The number of hydrogen-bond donors (Lipinski definition) is 0. The maximum atomic E-state index is 6.00. The SMILES string of the molecule is CCN(B(Cl)Cl)[Si](C)(C)c1ccccc1. The first-order valence-corrected chi connectivity index (χ1v) is 8.92. The Kier molecular flexibility index (Phi) is 4.71. The number of rotatable bonds is 4. The quantitative estimate of drug-likeness (QED) is 0.752. The molecule has 0 amide bonds. The molecule has 5 heteroatoms. The van der Waals surface area contributed by atoms with Gasteiger partial charge in [-0.05, 0) is 11.7 Å². The molecular weight excluding hydrogens is 244 g/mol. The highest BCUT2D eigenvalue weighted by Crippen LogP contribution is 2.16. The fraction of sp³-hybridized carbons (Fsp3) is 0.400. The first-order valence-electron chi connectivity index (χ1n) is 5.10. The summed E-state index contributed by atoms with van der Waals surface area (Å²) in [6.45, 7) is 7.51. The lowest BCUT2D eigenvalue weighted by molar-refractivity contribution is 0.693. The van der Waals surface area contributed by atoms with Crippen LogP contribution in [-0.4, -0.2) is 24.9 Å². The van der Waals surface area contributed by atoms with Gasteiger partial charge in [0.15, 0.2) is 0 Å². The van der Waals surface area contributed by atoms with E-state index in [9.17, 15) is 0 Å². The summed E-state index contributed by atoms with van der Waals surface area (Å²) in [5.74, 6) is 0. The maximum absolute atomic E-state index is 6.00. The zero-order chi connectivity index (χ0) is 11.5. The van der Waals surface area contributed by atoms with Gasteiger partial charge in [-0.25, -0.2) is 0 Å². The van der Waals surface area contributed by atoms with Crippen LogP contribution in [0.4, 0.5) is 0 Å². The van der Waals surface area contributed by atoms with E-state index in [1.807, 2.05) is 6.07 Å². The van der Waals surface area contributed by atoms with Gasteiger partial charge >= 0.3 is 5.68 Å². The van der Waals surface area contributed by atoms with Crippen molar-refractivity contribution in [2.45, 2.75) is 20.0 Å². The molecule has 1 nitrogen and oxygen atoms in total. The molecule has 0 heterocycles. The zero-order valence-electron chi connectivity index (χ0n) is 9.37. The Bertz CT molecular complexity index is 306. The lowest BCUT2D eigenvalue weighted by Gasteiger charge is -2.36. The van der Waals surface area contributed by atoms with Gasteiger partial charge in [0.2, 0.25) is 0 Å². The van der Waals surface area contributed by atoms with Crippen molar-refractivity contribution in [3.8, 4) is 0 Å². The van der Waals surface area contributed by atoms with E-state index in [1.165, 1.54) is 5.19 Å². The van der Waals surface area contributed by atoms with Gasteiger partial charge < -0.3 is 4.48 Å². The van der Waals surface area contributed by atoms with Gasteiger partial charge in [-0.15, -0.1) is 22.9 Å². The van der Waals surface area contributed by atoms with Crippen molar-refractivity contribution >= 4 is 42.0 Å². The van der Waals surface area contributed by atoms with E-state index in [1.54, 1.807) is 0 Å². The second-order valence-corrected chi connectivity index (χ2v) is 9.31. The van der Waals surface area contributed by atoms with Crippen molar-refractivity contribution in [2.24, 2.45) is 0 Å². The summed E-state index contributed by atoms with van der Waals surface area (Å²) in [5.41, 5.74) is -0.420. The minimum Gasteiger partial charge on any atom is -0.334 e. The molecule has 0 aliphatic rings. The first-order chi connectivity index (χ1) is 7.00. The molecule has 0 aliphatic carbocycles. The Morgan fingerprint density at radius 1 is 1.20 bits per heavy atom. The van der Waals surface area contributed by atoms with Crippen LogP contribution in [0.15, 0.2) is 30.3 Å². The molecule has 1 aromatic rings. The number of halogens is 2. The molecular formula is C10H16BCl2NSi. The van der Waals surface area contributed by atoms with Crippen LogP contribution >= 0.6 is 22.9 Å². The standard InChI is InChI=1S/C10H16BCl2NSi/c1-4-14(11(12)13)15(2,3)10-8-6-5-7-9-10/h5-9H,4H2,1-3H3. The average molecular weight is 260 g/mol. The second-order valence-electron chi connectivity index (χ2n) is 3.99. The van der Waals surface area contributed by atoms with Crippen molar-refractivity contribution < 1.29 is 0 Å². The third-order valence-electron chi connectivity index (χ3n) is 2.77. The summed E-state index contributed by atoms with van der Waals surface area (Å²) in [6.07, 6.45) is 0. The molecule has 0 aromatic heterocycles. The third kappa shape index (κ3) is 3.00. The van der Waals surface area contributed by atoms with Crippen molar-refractivity contribution in [3.05, 3.63) is 30.3 Å². The highest BCUT2D eigenvalue weighted by molar-refractivity contribution is 7.35. The topological polar surface area (TPSA) is 3.24 Å². The summed E-state index contributed by atoms with van der Waals surface area (Å²) >= 11 is 12.0. The van der Waals surface area contributed by atoms with Gasteiger partial charge in [0.05, 0.1) is 0 Å². The summed E-state index contributed by atoms with van der Waals surface area (Å²) < 4.78 is 2.19. The monoisotopic (exact) mass is 259 g/mol. The van der Waals surface area contributed by atoms with Gasteiger partial charge in [-0.3, -0.25) is 0 Å². The molecule has 0 atom stereocenters. The minimum absolute atomic E-state index is 0.420. The van der Waals surface area contributed by atoms with Gasteiger partial charge in [0.25, 0.3) is 0 Å². The summed E-state index contributed by atoms with van der Waals surface area (Å²) in [4.78, 5) is 0. The predicted octanol–water partition coefficient (Wildman–Crippen LogP) is 2.88. The van der Waals surface area contributed by atoms with E-state index >= 15 is 0 Å². The molecule has 82 valence electrons. The van der Waals surface area contributed by atoms with Crippen LogP contribution in [0.2, 0.25) is 13.1 Å². The maximum Gasteiger partial charge on any atom is 0.428 e. The van der Waals surface area contributed by atoms with E-state index in [2.05, 4.69) is 48.8 Å². The smallest absolute Gasteiger partial charge is 0.334 e. The van der Waals surface area contributed by atoms with E-state index in [-0.39, 0.29) is 0 Å². The number of hydrogen-bond acceptors (Lipinski definition) is 1. The van der Waals surface area contributed by atoms with Crippen LogP contribution in [0.25, 0.3) is 0 Å². The summed E-state index contributed by atoms with van der Waals surface area (Å²) in [5, 5.41) is 1.36. The van der Waals surface area contributed by atoms with Crippen LogP contribution in [0.1, 0.15) is 6.92 Å². The first kappa shape index (κ1) is 13.1. The molecule has 0 spiro atoms. The predicted molar refractivity (Wildman–Crippen MR) is 73.4 cm³/mol. The van der Waals surface area contributed by atoms with E-state index in [4.69, 9.17) is 22.9 Å². The zero-order valence-corrected chi connectivity index (χ0v) is 11.9. The highest BCUT2D eigenvalue weighted by Gasteiger charge is 2.35. The van der Waals surface area contributed by atoms with Crippen molar-refractivity contribution in [1.82, 2.24) is 4.48 Å². The molecule has 0 fully saturated rings. The number of nitrogens with zero attached hydrogens (tertiary/aromatic N) is 1. The highest BCUT2D eigenvalue weighted by atomic mass is 35.5. The molecule has 0 unspecified atom stereocenters. The fourth-order valence-electron chi connectivity index (χ4n) is 1.79. The Morgan fingerprint density at radius 2 is 1.73 bits per heavy atom. The van der Waals surface area contributed by atoms with Crippen LogP contribution in [-0.2, 0) is 0 Å². The van der Waals surface area contributed by atoms with Gasteiger partial charge in [-0.1, -0.05) is 50.3 Å². The minimum atomic E-state index is -1.70. The molecule has 0 radical (unpaired) electrons. The van der Waals surface area contributed by atoms with Crippen LogP contribution in [0, 0.1) is 0 Å². The van der Waals surface area contributed by atoms with Crippen molar-refractivity contribution in [3.63, 3.8) is 0 Å². The Labute approximate surface area is 103 Å². The lowest BCUT2D eigenvalue weighted by atomic mass is 10.4. The van der Waals surface area contributed by atoms with Gasteiger partial charge in [-0.2, -0.15) is 0 Å². The molecule has 0 saturated carbocycles. The summed E-state index contributed by atoms with van der Waals surface area (Å²) in [6, 6.07) is 10.5. The molecule has 0 N–H and O–H groups in total. The van der Waals surface area contributed by atoms with E-state index in [0.29, 0.717) is 0 Å². The summed E-state index contributed by atoms with van der Waals surface area (Å²) in [7, 11) is -1.70. The second kappa shape index (κ2) is 5.39. The van der Waals surface area contributed by atoms with Crippen LogP contribution < -0.4 is 5.19 Å². The van der Waals surface area contributed by atoms with Crippen molar-refractivity contribution in [2.75, 3.05) is 6.54 Å². The largest absolute Gasteiger partial charge is 0.428 e. The fourth-order valence-corrected chi connectivity index (χ4v) is 6.15. The number of benzene rings is 1. The molecule has 0 aliphatic heterocycles. The molecule has 1 aromatic carbocycles. The third-order valence-corrected chi connectivity index (χ3v) is 7.33. The average Bonchev–Trinajstić information content (AvgIpc) is 2.19. The Morgan fingerprint density at radius 3 is 2.13 bits per heavy atom. The van der Waals surface area contributed by atoms with Crippen molar-refractivity contribution in [1.29, 1.82) is 0 Å². The molecule has 15 heavy (non-hydrogen) atoms. The van der Waals surface area contributed by atoms with E-state index in [0.717, 1.165) is 6.54 Å². The van der Waals surface area contributed by atoms with Crippen LogP contribution in [0.3, 0.4) is 0 Å².